The van der Waals surface area contributed by atoms with Gasteiger partial charge in [0.1, 0.15) is 5.82 Å². The zero-order chi connectivity index (χ0) is 19.3. The topological polar surface area (TPSA) is 88.2 Å². The maximum Gasteiger partial charge on any atom is 0.241 e. The average molecular weight is 379 g/mol. The molecule has 1 aliphatic heterocycles. The number of hydrogen-bond acceptors (Lipinski definition) is 7. The fourth-order valence-electron chi connectivity index (χ4n) is 3.79. The molecule has 0 amide bonds. The molecule has 1 fully saturated rings. The predicted octanol–water partition coefficient (Wildman–Crippen LogP) is 3.24. The van der Waals surface area contributed by atoms with Gasteiger partial charge in [0.2, 0.25) is 11.7 Å². The molecule has 1 unspecified atom stereocenters. The molecule has 4 rings (SSSR count). The van der Waals surface area contributed by atoms with Crippen LogP contribution in [0.3, 0.4) is 0 Å². The van der Waals surface area contributed by atoms with E-state index in [1.165, 1.54) is 12.8 Å². The lowest BCUT2D eigenvalue weighted by atomic mass is 10.00. The lowest BCUT2D eigenvalue weighted by molar-refractivity contribution is 0.100. The molecule has 1 atom stereocenters. The van der Waals surface area contributed by atoms with Gasteiger partial charge in [-0.2, -0.15) is 4.98 Å². The standard InChI is InChI=1S/C21H25N5O2/c1-15-22-10-8-19(23-15)16-5-4-6-17(13-16)21-24-20(28-25-21)14-26-11-3-2-7-18(26)9-12-27/h4-6,8,10,13,18,27H,2-3,7,9,11-12,14H2,1H3. The highest BCUT2D eigenvalue weighted by Crippen LogP contribution is 2.25. The van der Waals surface area contributed by atoms with Crippen molar-refractivity contribution in [2.24, 2.45) is 0 Å². The van der Waals surface area contributed by atoms with Crippen molar-refractivity contribution in [2.75, 3.05) is 13.2 Å². The summed E-state index contributed by atoms with van der Waals surface area (Å²) in [5.41, 5.74) is 2.76. The first-order valence-electron chi connectivity index (χ1n) is 9.81. The molecular weight excluding hydrogens is 354 g/mol. The molecule has 3 aromatic rings. The molecule has 1 aromatic carbocycles. The molecule has 3 heterocycles. The van der Waals surface area contributed by atoms with Gasteiger partial charge in [-0.15, -0.1) is 0 Å². The zero-order valence-corrected chi connectivity index (χ0v) is 16.1. The van der Waals surface area contributed by atoms with Gasteiger partial charge in [-0.3, -0.25) is 4.90 Å². The summed E-state index contributed by atoms with van der Waals surface area (Å²) in [4.78, 5) is 15.6. The Hall–Kier alpha value is -2.64. The van der Waals surface area contributed by atoms with E-state index in [9.17, 15) is 5.11 Å². The highest BCUT2D eigenvalue weighted by Gasteiger charge is 2.24. The van der Waals surface area contributed by atoms with Crippen molar-refractivity contribution in [2.45, 2.75) is 45.2 Å². The van der Waals surface area contributed by atoms with Crippen LogP contribution in [-0.2, 0) is 6.54 Å². The highest BCUT2D eigenvalue weighted by molar-refractivity contribution is 5.67. The van der Waals surface area contributed by atoms with E-state index in [2.05, 4.69) is 25.0 Å². The van der Waals surface area contributed by atoms with E-state index in [0.29, 0.717) is 24.3 Å². The number of piperidine rings is 1. The van der Waals surface area contributed by atoms with Crippen molar-refractivity contribution < 1.29 is 9.63 Å². The molecule has 0 spiro atoms. The summed E-state index contributed by atoms with van der Waals surface area (Å²) in [6.07, 6.45) is 6.05. The third-order valence-electron chi connectivity index (χ3n) is 5.21. The molecule has 0 aliphatic carbocycles. The smallest absolute Gasteiger partial charge is 0.241 e. The summed E-state index contributed by atoms with van der Waals surface area (Å²) < 4.78 is 5.52. The van der Waals surface area contributed by atoms with Crippen LogP contribution in [-0.4, -0.2) is 49.3 Å². The Balaban J connectivity index is 1.52. The van der Waals surface area contributed by atoms with Crippen molar-refractivity contribution in [1.29, 1.82) is 0 Å². The van der Waals surface area contributed by atoms with Gasteiger partial charge in [-0.25, -0.2) is 9.97 Å². The molecule has 7 heteroatoms. The summed E-state index contributed by atoms with van der Waals surface area (Å²) in [6.45, 7) is 3.72. The van der Waals surface area contributed by atoms with Crippen molar-refractivity contribution in [3.8, 4) is 22.6 Å². The van der Waals surface area contributed by atoms with Gasteiger partial charge >= 0.3 is 0 Å². The van der Waals surface area contributed by atoms with E-state index in [1.807, 2.05) is 37.3 Å². The van der Waals surface area contributed by atoms with Gasteiger partial charge in [0.05, 0.1) is 12.2 Å². The van der Waals surface area contributed by atoms with Crippen LogP contribution in [0, 0.1) is 6.92 Å². The molecule has 1 N–H and O–H groups in total. The summed E-state index contributed by atoms with van der Waals surface area (Å²) in [5, 5.41) is 13.5. The van der Waals surface area contributed by atoms with E-state index >= 15 is 0 Å². The Morgan fingerprint density at radius 2 is 2.07 bits per heavy atom. The van der Waals surface area contributed by atoms with Gasteiger partial charge in [-0.1, -0.05) is 29.8 Å². The fraction of sp³-hybridized carbons (Fsp3) is 0.429. The zero-order valence-electron chi connectivity index (χ0n) is 16.1. The number of aliphatic hydroxyl groups is 1. The van der Waals surface area contributed by atoms with E-state index in [0.717, 1.165) is 42.0 Å². The number of likely N-dealkylation sites (tertiary alicyclic amines) is 1. The van der Waals surface area contributed by atoms with Crippen LogP contribution in [0.2, 0.25) is 0 Å². The molecule has 1 saturated heterocycles. The number of rotatable bonds is 6. The molecule has 0 saturated carbocycles. The Morgan fingerprint density at radius 1 is 1.18 bits per heavy atom. The minimum absolute atomic E-state index is 0.214. The number of aromatic nitrogens is 4. The van der Waals surface area contributed by atoms with Crippen LogP contribution < -0.4 is 0 Å². The summed E-state index contributed by atoms with van der Waals surface area (Å²) in [7, 11) is 0. The van der Waals surface area contributed by atoms with E-state index in [-0.39, 0.29) is 6.61 Å². The minimum Gasteiger partial charge on any atom is -0.396 e. The second kappa shape index (κ2) is 8.58. The molecular formula is C21H25N5O2. The number of aryl methyl sites for hydroxylation is 1. The minimum atomic E-state index is 0.214. The first kappa shape index (κ1) is 18.7. The van der Waals surface area contributed by atoms with E-state index in [4.69, 9.17) is 4.52 Å². The molecule has 28 heavy (non-hydrogen) atoms. The third kappa shape index (κ3) is 4.26. The summed E-state index contributed by atoms with van der Waals surface area (Å²) in [6, 6.07) is 10.3. The molecule has 1 aliphatic rings. The van der Waals surface area contributed by atoms with Crippen molar-refractivity contribution >= 4 is 0 Å². The highest BCUT2D eigenvalue weighted by atomic mass is 16.5. The van der Waals surface area contributed by atoms with Crippen molar-refractivity contribution in [3.05, 3.63) is 48.2 Å². The van der Waals surface area contributed by atoms with E-state index < -0.39 is 0 Å². The average Bonchev–Trinajstić information content (AvgIpc) is 3.18. The van der Waals surface area contributed by atoms with Gasteiger partial charge in [0.15, 0.2) is 0 Å². The third-order valence-corrected chi connectivity index (χ3v) is 5.21. The van der Waals surface area contributed by atoms with Crippen LogP contribution in [0.4, 0.5) is 0 Å². The molecule has 0 radical (unpaired) electrons. The normalized spacial score (nSPS) is 17.7. The van der Waals surface area contributed by atoms with Crippen LogP contribution >= 0.6 is 0 Å². The lowest BCUT2D eigenvalue weighted by Crippen LogP contribution is -2.39. The quantitative estimate of drug-likeness (QED) is 0.703. The van der Waals surface area contributed by atoms with Crippen molar-refractivity contribution in [1.82, 2.24) is 25.0 Å². The molecule has 146 valence electrons. The maximum absolute atomic E-state index is 9.31. The Morgan fingerprint density at radius 3 is 2.93 bits per heavy atom. The van der Waals surface area contributed by atoms with Gasteiger partial charge < -0.3 is 9.63 Å². The Labute approximate surface area is 164 Å². The molecule has 2 aromatic heterocycles. The first-order chi connectivity index (χ1) is 13.7. The number of aliphatic hydroxyl groups excluding tert-OH is 1. The first-order valence-corrected chi connectivity index (χ1v) is 9.81. The van der Waals surface area contributed by atoms with Gasteiger partial charge in [0, 0.05) is 30.0 Å². The fourth-order valence-corrected chi connectivity index (χ4v) is 3.79. The Kier molecular flexibility index (Phi) is 5.73. The van der Waals surface area contributed by atoms with Crippen molar-refractivity contribution in [3.63, 3.8) is 0 Å². The van der Waals surface area contributed by atoms with Crippen LogP contribution in [0.5, 0.6) is 0 Å². The van der Waals surface area contributed by atoms with Gasteiger partial charge in [0.25, 0.3) is 0 Å². The monoisotopic (exact) mass is 379 g/mol. The number of hydrogen-bond donors (Lipinski definition) is 1. The van der Waals surface area contributed by atoms with Crippen LogP contribution in [0.15, 0.2) is 41.1 Å². The molecule has 7 nitrogen and oxygen atoms in total. The Bertz CT molecular complexity index is 924. The maximum atomic E-state index is 9.31. The summed E-state index contributed by atoms with van der Waals surface area (Å²) >= 11 is 0. The van der Waals surface area contributed by atoms with E-state index in [1.54, 1.807) is 6.20 Å². The van der Waals surface area contributed by atoms with Gasteiger partial charge in [-0.05, 0) is 44.9 Å². The molecule has 0 bridgehead atoms. The number of nitrogens with zero attached hydrogens (tertiary/aromatic N) is 5. The lowest BCUT2D eigenvalue weighted by Gasteiger charge is -2.34. The largest absolute Gasteiger partial charge is 0.396 e. The summed E-state index contributed by atoms with van der Waals surface area (Å²) in [5.74, 6) is 1.94. The second-order valence-electron chi connectivity index (χ2n) is 7.21. The number of benzene rings is 1. The predicted molar refractivity (Wildman–Crippen MR) is 105 cm³/mol. The van der Waals surface area contributed by atoms with Crippen LogP contribution in [0.25, 0.3) is 22.6 Å². The van der Waals surface area contributed by atoms with Crippen LogP contribution in [0.1, 0.15) is 37.4 Å². The second-order valence-corrected chi connectivity index (χ2v) is 7.21. The SMILES string of the molecule is Cc1nccc(-c2cccc(-c3noc(CN4CCCCC4CCO)n3)c2)n1.